The molecule has 4 unspecified atom stereocenters. The molecular weight excluding hydrogens is 1070 g/mol. The molecule has 0 bridgehead atoms. The lowest BCUT2D eigenvalue weighted by molar-refractivity contribution is -0.160. The number of epoxide rings is 2. The maximum absolute atomic E-state index is 12.9. The molecule has 2 aliphatic rings. The van der Waals surface area contributed by atoms with Crippen molar-refractivity contribution < 1.29 is 120 Å². The topological polar surface area (TPSA) is 300 Å². The Morgan fingerprint density at radius 3 is 1.07 bits per heavy atom. The van der Waals surface area contributed by atoms with E-state index in [0.29, 0.717) is 26.2 Å². The molecule has 482 valence electrons. The molecule has 3 amide bonds. The van der Waals surface area contributed by atoms with Crippen LogP contribution in [0.1, 0.15) is 254 Å². The first kappa shape index (κ1) is 42.8. The fourth-order valence-corrected chi connectivity index (χ4v) is 6.26. The number of nitrogens with one attached hydrogen (secondary N) is 3. The van der Waals surface area contributed by atoms with Crippen molar-refractivity contribution in [3.05, 3.63) is 0 Å². The first-order valence-electron chi connectivity index (χ1n) is 41.1. The van der Waals surface area contributed by atoms with Gasteiger partial charge < -0.3 is 49.8 Å². The zero-order valence-corrected chi connectivity index (χ0v) is 51.3. The molecule has 0 saturated carbocycles. The van der Waals surface area contributed by atoms with Gasteiger partial charge in [-0.1, -0.05) is 96.6 Å². The molecule has 0 radical (unpaired) electrons. The van der Waals surface area contributed by atoms with Crippen molar-refractivity contribution in [1.82, 2.24) is 16.0 Å². The van der Waals surface area contributed by atoms with E-state index in [4.69, 9.17) is 67.2 Å². The van der Waals surface area contributed by atoms with E-state index in [2.05, 4.69) is 16.0 Å². The van der Waals surface area contributed by atoms with E-state index in [1.807, 2.05) is 41.5 Å². The number of amides is 3. The highest BCUT2D eigenvalue weighted by Crippen LogP contribution is 2.30. The number of ketones is 2. The Labute approximate surface area is 537 Å². The molecule has 0 aromatic carbocycles. The minimum atomic E-state index is -3.37. The highest BCUT2D eigenvalue weighted by atomic mass is 16.6. The Bertz CT molecular complexity index is 3240. The third kappa shape index (κ3) is 41.6. The minimum Gasteiger partial charge on any atom is -0.481 e. The van der Waals surface area contributed by atoms with Gasteiger partial charge in [-0.05, 0) is 135 Å². The molecule has 12 atom stereocenters. The summed E-state index contributed by atoms with van der Waals surface area (Å²) in [4.78, 5) is 122. The van der Waals surface area contributed by atoms with Gasteiger partial charge in [-0.3, -0.25) is 38.4 Å². The number of Topliss-reactive ketones (excluding diaryl/α,β-unsaturated/α-hetero) is 2. The molecule has 20 nitrogen and oxygen atoms in total. The Morgan fingerprint density at radius 1 is 0.494 bits per heavy atom. The average Bonchev–Trinajstić information content (AvgIpc) is 1.24. The first-order valence-corrected chi connectivity index (χ1v) is 27.1. The molecule has 2 fully saturated rings. The van der Waals surface area contributed by atoms with Crippen LogP contribution in [-0.2, 0) is 71.6 Å². The van der Waals surface area contributed by atoms with Gasteiger partial charge in [-0.25, -0.2) is 9.59 Å². The molecule has 0 aromatic rings. The zero-order chi connectivity index (χ0) is 89.2. The Balaban J connectivity index is 0. The maximum Gasteiger partial charge on any atom is 0.338 e. The second-order valence-corrected chi connectivity index (χ2v) is 22.4. The number of rotatable bonds is 34. The van der Waals surface area contributed by atoms with Crippen LogP contribution < -0.4 is 16.0 Å². The molecule has 0 aromatic heterocycles. The van der Waals surface area contributed by atoms with Gasteiger partial charge in [0.2, 0.25) is 17.7 Å². The van der Waals surface area contributed by atoms with Gasteiger partial charge in [-0.2, -0.15) is 0 Å². The van der Waals surface area contributed by atoms with Crippen LogP contribution in [0.15, 0.2) is 0 Å². The number of aliphatic carboxylic acids is 2. The monoisotopic (exact) mass is 1210 g/mol. The lowest BCUT2D eigenvalue weighted by Crippen LogP contribution is -2.35. The maximum atomic E-state index is 12.9. The summed E-state index contributed by atoms with van der Waals surface area (Å²) in [7, 11) is 0. The summed E-state index contributed by atoms with van der Waals surface area (Å²) >= 11 is 0. The molecule has 20 heteroatoms. The van der Waals surface area contributed by atoms with Gasteiger partial charge >= 0.3 is 29.8 Å². The SMILES string of the molecule is [2H]C([2H])([2H])C([2H])(C)C([2H])([2H])[C@@]([2H])(CC(=O)OC(C)(C)C)C(=O)NCCC(C)C.[2H]C([2H])([2H])C([2H])(C)C([2H])([2H])[C@@]([2H])(CC(=O)OC(C)(C)C)C(=O)O.[2H]C([2H])([2H])C([2H])(C)C([2H])([2H])[C@@]([2H])(CC(=O)[C@H]1O[C@@H]1C(=O)O)C(=O)NCCC(C)C.[2H]C([2H])([2H])C([2H])(C)C([2H])([2H])[C@@]([2H])(CC(=O)[C@H]1O[C@@H]1C(=O)OCC)C(=O)NCCC(C)C. The van der Waals surface area contributed by atoms with Crippen molar-refractivity contribution in [2.24, 2.45) is 64.9 Å². The Kier molecular flexibility index (Phi) is 20.8. The van der Waals surface area contributed by atoms with Crippen molar-refractivity contribution in [2.45, 2.75) is 251 Å². The number of carbonyl (C=O) groups is 10. The molecule has 0 spiro atoms. The lowest BCUT2D eigenvalue weighted by Gasteiger charge is -2.23. The second-order valence-electron chi connectivity index (χ2n) is 22.4. The highest BCUT2D eigenvalue weighted by Gasteiger charge is 2.52. The van der Waals surface area contributed by atoms with E-state index >= 15 is 0 Å². The fourth-order valence-electron chi connectivity index (χ4n) is 6.26. The predicted molar refractivity (Wildman–Crippen MR) is 319 cm³/mol. The van der Waals surface area contributed by atoms with E-state index in [-0.39, 0.29) is 44.0 Å². The number of hydrogen-bond donors (Lipinski definition) is 5. The van der Waals surface area contributed by atoms with Crippen LogP contribution in [0.3, 0.4) is 0 Å². The van der Waals surface area contributed by atoms with Crippen LogP contribution in [0.4, 0.5) is 0 Å². The normalized spacial score (nSPS) is 28.4. The third-order valence-corrected chi connectivity index (χ3v) is 10.0. The second kappa shape index (κ2) is 40.4. The highest BCUT2D eigenvalue weighted by molar-refractivity contribution is 5.97. The van der Waals surface area contributed by atoms with Crippen molar-refractivity contribution in [2.75, 3.05) is 26.2 Å². The number of carboxylic acid groups (broad SMARTS) is 2. The molecule has 2 rings (SSSR count). The van der Waals surface area contributed by atoms with Gasteiger partial charge in [0.15, 0.2) is 36.0 Å². The van der Waals surface area contributed by atoms with Crippen LogP contribution in [0, 0.1) is 64.9 Å². The van der Waals surface area contributed by atoms with E-state index in [1.165, 1.54) is 20.8 Å². The molecule has 2 aliphatic heterocycles. The minimum absolute atomic E-state index is 0.0541. The van der Waals surface area contributed by atoms with Gasteiger partial charge in [0.25, 0.3) is 0 Å². The number of ether oxygens (including phenoxy) is 5. The molecular formula is C63H113N3O17. The van der Waals surface area contributed by atoms with E-state index in [9.17, 15) is 53.1 Å². The number of esters is 3. The number of hydrogen-bond acceptors (Lipinski definition) is 15. The van der Waals surface area contributed by atoms with Gasteiger partial charge in [-0.15, -0.1) is 0 Å². The van der Waals surface area contributed by atoms with Crippen molar-refractivity contribution in [3.8, 4) is 0 Å². The van der Waals surface area contributed by atoms with Gasteiger partial charge in [0.05, 0.1) is 25.3 Å². The zero-order valence-electron chi connectivity index (χ0n) is 79.3. The van der Waals surface area contributed by atoms with Gasteiger partial charge in [0, 0.05) is 88.5 Å². The molecule has 83 heavy (non-hydrogen) atoms. The van der Waals surface area contributed by atoms with Crippen molar-refractivity contribution in [1.29, 1.82) is 0 Å². The summed E-state index contributed by atoms with van der Waals surface area (Å²) in [6.45, 7) is 12.7. The summed E-state index contributed by atoms with van der Waals surface area (Å²) in [6, 6.07) is 0. The third-order valence-electron chi connectivity index (χ3n) is 10.0. The standard InChI is InChI=1S/C18H31NO5.C17H33NO3.C16H27NO5.C12H22O4/c1-6-23-18(22)16-15(24-16)14(20)10-13(9-12(4)5)17(21)19-8-7-11(2)3;1-12(2)8-9-18-16(20)14(10-13(3)4)11-15(19)21-17(5,6)7;1-9(2)5-6-17-15(19)11(7-10(3)4)8-12(18)13-14(22-13)16(20)21;1-8(2)6-9(11(14)15)7-10(13)16-12(3,4)5/h11-13,15-16H,6-10H2,1-5H3,(H,19,21);12-14H,8-11H2,1-7H3,(H,18,20);9-11,13-14H,5-8H2,1-4H3,(H,17,19)(H,20,21);8-9H,6-7H2,1-5H3,(H,14,15)/t13-,15+,16-;14-;11-,13+,14-;9-/m0000/s1/i4D3,9D2,12D,13D;3D3,10D2,13D,14D;3D3,7D2,10D,11D;1D3,6D2,8D,9D/t12?,13-,15+,16-;13?,14-;10?,11-,13+,14-;8?,9-. The molecule has 5 N–H and O–H groups in total. The van der Waals surface area contributed by atoms with Crippen LogP contribution >= 0.6 is 0 Å². The first-order chi connectivity index (χ1) is 48.8. The van der Waals surface area contributed by atoms with E-state index in [1.54, 1.807) is 27.7 Å². The number of carbonyl (C=O) groups excluding carboxylic acids is 8. The van der Waals surface area contributed by atoms with E-state index < -0.39 is 220 Å². The van der Waals surface area contributed by atoms with Crippen LogP contribution in [0.2, 0.25) is 0 Å². The lowest BCUT2D eigenvalue weighted by atomic mass is 9.90. The Hall–Kier alpha value is -4.98. The summed E-state index contributed by atoms with van der Waals surface area (Å²) < 4.78 is 245. The summed E-state index contributed by atoms with van der Waals surface area (Å²) in [6.07, 6.45) is -21.4. The average molecular weight is 1210 g/mol. The summed E-state index contributed by atoms with van der Waals surface area (Å²) in [5.41, 5.74) is -1.93. The summed E-state index contributed by atoms with van der Waals surface area (Å²) in [5.74, 6) is -34.9. The Morgan fingerprint density at radius 2 is 0.795 bits per heavy atom. The van der Waals surface area contributed by atoms with Crippen LogP contribution in [-0.4, -0.2) is 131 Å². The van der Waals surface area contributed by atoms with E-state index in [0.717, 1.165) is 20.8 Å². The molecule has 0 aliphatic carbocycles. The van der Waals surface area contributed by atoms with Crippen LogP contribution in [0.25, 0.3) is 0 Å². The van der Waals surface area contributed by atoms with Crippen molar-refractivity contribution in [3.63, 3.8) is 0 Å². The quantitative estimate of drug-likeness (QED) is 0.0227. The summed E-state index contributed by atoms with van der Waals surface area (Å²) in [5, 5.41) is 25.2. The molecule has 2 saturated heterocycles. The van der Waals surface area contributed by atoms with Crippen LogP contribution in [0.5, 0.6) is 0 Å². The molecule has 2 heterocycles. The largest absolute Gasteiger partial charge is 0.481 e. The fraction of sp³-hybridized carbons (Fsp3) is 0.841. The van der Waals surface area contributed by atoms with Crippen molar-refractivity contribution >= 4 is 59.1 Å². The predicted octanol–water partition coefficient (Wildman–Crippen LogP) is 9.73. The smallest absolute Gasteiger partial charge is 0.338 e. The number of carboxylic acids is 2. The van der Waals surface area contributed by atoms with Gasteiger partial charge in [0.1, 0.15) is 11.2 Å².